The number of rotatable bonds is 9. The molecule has 6 aromatic carbocycles. The second-order valence-corrected chi connectivity index (χ2v) is 15.1. The SMILES string of the molecule is C.CC(=O)Nc1cccc(Sc2ccc3c(/C=C/c4ccccc4)nn(C)c3c2)c1.Cn1nc(/C=C/c2ccccc2)c2ccc(Sc3cccc(N)c3)cc21. The number of aromatic nitrogens is 4. The van der Waals surface area contributed by atoms with Crippen LogP contribution in [0.5, 0.6) is 0 Å². The van der Waals surface area contributed by atoms with Crippen molar-refractivity contribution in [3.63, 3.8) is 0 Å². The van der Waals surface area contributed by atoms with Gasteiger partial charge in [-0.15, -0.1) is 0 Å². The number of amides is 1. The Labute approximate surface area is 337 Å². The third-order valence-electron chi connectivity index (χ3n) is 8.65. The zero-order chi connectivity index (χ0) is 38.1. The molecule has 0 aliphatic rings. The van der Waals surface area contributed by atoms with Crippen LogP contribution in [0.15, 0.2) is 165 Å². The molecule has 0 radical (unpaired) electrons. The summed E-state index contributed by atoms with van der Waals surface area (Å²) in [6, 6.07) is 49.1. The topological polar surface area (TPSA) is 90.8 Å². The molecule has 0 aliphatic carbocycles. The van der Waals surface area contributed by atoms with Gasteiger partial charge in [0.25, 0.3) is 0 Å². The Morgan fingerprint density at radius 2 is 1.04 bits per heavy atom. The van der Waals surface area contributed by atoms with Crippen LogP contribution in [0.4, 0.5) is 11.4 Å². The van der Waals surface area contributed by atoms with Crippen LogP contribution in [0.2, 0.25) is 0 Å². The van der Waals surface area contributed by atoms with Gasteiger partial charge in [-0.1, -0.05) is 116 Å². The maximum absolute atomic E-state index is 11.3. The summed E-state index contributed by atoms with van der Waals surface area (Å²) in [7, 11) is 3.95. The number of nitrogens with one attached hydrogen (secondary N) is 1. The Balaban J connectivity index is 0.000000188. The molecule has 0 saturated heterocycles. The number of anilines is 2. The van der Waals surface area contributed by atoms with E-state index in [2.05, 4.69) is 107 Å². The van der Waals surface area contributed by atoms with Crippen LogP contribution in [-0.2, 0) is 18.9 Å². The second-order valence-electron chi connectivity index (χ2n) is 12.8. The smallest absolute Gasteiger partial charge is 0.221 e. The Kier molecular flexibility index (Phi) is 12.9. The number of carbonyl (C=O) groups is 1. The molecule has 56 heavy (non-hydrogen) atoms. The summed E-state index contributed by atoms with van der Waals surface area (Å²) in [5, 5.41) is 14.4. The fraction of sp³-hybridized carbons (Fsp3) is 0.0851. The number of nitrogens with zero attached hydrogens (tertiary/aromatic N) is 4. The standard InChI is InChI=1S/C24H21N3OS.C22H19N3S.CH4/c1-17(28)25-19-9-6-10-20(15-19)29-21-12-13-22-23(26-27(2)24(22)16-21)14-11-18-7-4-3-5-8-18;1-25-22-15-19(26-18-9-5-8-17(23)14-18)11-12-20(22)21(24-25)13-10-16-6-3-2-4-7-16;/h3-16H,1-2H3,(H,25,28);2-15H,23H2,1H3;1H4/b14-11+;13-10+;. The molecule has 2 heterocycles. The van der Waals surface area contributed by atoms with Crippen LogP contribution in [0.1, 0.15) is 36.9 Å². The van der Waals surface area contributed by atoms with Crippen LogP contribution < -0.4 is 11.1 Å². The minimum Gasteiger partial charge on any atom is -0.399 e. The van der Waals surface area contributed by atoms with E-state index in [1.807, 2.05) is 102 Å². The molecule has 9 heteroatoms. The number of hydrogen-bond donors (Lipinski definition) is 2. The summed E-state index contributed by atoms with van der Waals surface area (Å²) in [5.41, 5.74) is 13.9. The van der Waals surface area contributed by atoms with Gasteiger partial charge in [0.2, 0.25) is 5.91 Å². The van der Waals surface area contributed by atoms with Gasteiger partial charge < -0.3 is 11.1 Å². The number of fused-ring (bicyclic) bond motifs is 2. The summed E-state index contributed by atoms with van der Waals surface area (Å²) >= 11 is 3.37. The molecule has 280 valence electrons. The van der Waals surface area contributed by atoms with E-state index >= 15 is 0 Å². The van der Waals surface area contributed by atoms with Crippen LogP contribution in [0.3, 0.4) is 0 Å². The largest absolute Gasteiger partial charge is 0.399 e. The molecule has 0 unspecified atom stereocenters. The molecule has 0 aliphatic heterocycles. The molecule has 0 fully saturated rings. The fourth-order valence-corrected chi connectivity index (χ4v) is 7.90. The van der Waals surface area contributed by atoms with E-state index in [4.69, 9.17) is 5.73 Å². The number of nitrogen functional groups attached to an aromatic ring is 1. The van der Waals surface area contributed by atoms with Gasteiger partial charge >= 0.3 is 0 Å². The molecule has 8 aromatic rings. The van der Waals surface area contributed by atoms with Crippen molar-refractivity contribution in [2.45, 2.75) is 33.9 Å². The maximum Gasteiger partial charge on any atom is 0.221 e. The number of hydrogen-bond acceptors (Lipinski definition) is 6. The minimum absolute atomic E-state index is 0. The zero-order valence-corrected chi connectivity index (χ0v) is 32.4. The lowest BCUT2D eigenvalue weighted by molar-refractivity contribution is -0.114. The first-order chi connectivity index (χ1) is 26.8. The minimum atomic E-state index is -0.0699. The fourth-order valence-electron chi connectivity index (χ4n) is 6.07. The van der Waals surface area contributed by atoms with Gasteiger partial charge in [0.05, 0.1) is 22.4 Å². The third kappa shape index (κ3) is 10.1. The van der Waals surface area contributed by atoms with Crippen molar-refractivity contribution in [2.75, 3.05) is 11.1 Å². The number of carbonyl (C=O) groups excluding carboxylic acids is 1. The lowest BCUT2D eigenvalue weighted by Gasteiger charge is -2.06. The molecule has 2 aromatic heterocycles. The van der Waals surface area contributed by atoms with E-state index in [9.17, 15) is 4.79 Å². The zero-order valence-electron chi connectivity index (χ0n) is 30.8. The highest BCUT2D eigenvalue weighted by molar-refractivity contribution is 7.99. The van der Waals surface area contributed by atoms with Crippen molar-refractivity contribution >= 4 is 86.9 Å². The summed E-state index contributed by atoms with van der Waals surface area (Å²) in [5.74, 6) is -0.0699. The molecule has 3 N–H and O–H groups in total. The normalized spacial score (nSPS) is 11.1. The lowest BCUT2D eigenvalue weighted by Crippen LogP contribution is -2.05. The van der Waals surface area contributed by atoms with Crippen LogP contribution in [0.25, 0.3) is 46.1 Å². The molecule has 0 bridgehead atoms. The van der Waals surface area contributed by atoms with Gasteiger partial charge in [-0.25, -0.2) is 0 Å². The van der Waals surface area contributed by atoms with Gasteiger partial charge in [-0.3, -0.25) is 14.2 Å². The van der Waals surface area contributed by atoms with E-state index in [-0.39, 0.29) is 13.3 Å². The van der Waals surface area contributed by atoms with E-state index < -0.39 is 0 Å². The Hall–Kier alpha value is -6.29. The van der Waals surface area contributed by atoms with E-state index in [1.165, 1.54) is 17.4 Å². The lowest BCUT2D eigenvalue weighted by atomic mass is 10.1. The summed E-state index contributed by atoms with van der Waals surface area (Å²) in [6.07, 6.45) is 8.30. The molecule has 7 nitrogen and oxygen atoms in total. The Bertz CT molecular complexity index is 2650. The average Bonchev–Trinajstić information content (AvgIpc) is 3.68. The predicted molar refractivity (Wildman–Crippen MR) is 239 cm³/mol. The van der Waals surface area contributed by atoms with Gasteiger partial charge in [-0.05, 0) is 96.1 Å². The first-order valence-corrected chi connectivity index (χ1v) is 19.4. The van der Waals surface area contributed by atoms with Gasteiger partial charge in [0.1, 0.15) is 0 Å². The predicted octanol–water partition coefficient (Wildman–Crippen LogP) is 12.0. The highest BCUT2D eigenvalue weighted by Gasteiger charge is 2.10. The summed E-state index contributed by atoms with van der Waals surface area (Å²) in [6.45, 7) is 1.51. The van der Waals surface area contributed by atoms with Gasteiger partial charge in [0.15, 0.2) is 0 Å². The van der Waals surface area contributed by atoms with Crippen molar-refractivity contribution < 1.29 is 4.79 Å². The van der Waals surface area contributed by atoms with E-state index in [1.54, 1.807) is 23.5 Å². The molecule has 8 rings (SSSR count). The molecule has 0 atom stereocenters. The maximum atomic E-state index is 11.3. The number of nitrogens with two attached hydrogens (primary N) is 1. The molecule has 1 amide bonds. The molecular weight excluding hydrogens is 729 g/mol. The monoisotopic (exact) mass is 772 g/mol. The highest BCUT2D eigenvalue weighted by Crippen LogP contribution is 2.34. The second kappa shape index (κ2) is 18.4. The van der Waals surface area contributed by atoms with E-state index in [0.717, 1.165) is 64.8 Å². The van der Waals surface area contributed by atoms with Crippen LogP contribution >= 0.6 is 23.5 Å². The van der Waals surface area contributed by atoms with Gasteiger partial charge in [-0.2, -0.15) is 10.2 Å². The first-order valence-electron chi connectivity index (χ1n) is 17.8. The van der Waals surface area contributed by atoms with Crippen molar-refractivity contribution in [1.82, 2.24) is 19.6 Å². The van der Waals surface area contributed by atoms with E-state index in [0.29, 0.717) is 0 Å². The van der Waals surface area contributed by atoms with Crippen LogP contribution in [0, 0.1) is 0 Å². The van der Waals surface area contributed by atoms with Crippen LogP contribution in [-0.4, -0.2) is 25.5 Å². The number of benzene rings is 6. The summed E-state index contributed by atoms with van der Waals surface area (Å²) < 4.78 is 3.85. The average molecular weight is 773 g/mol. The van der Waals surface area contributed by atoms with Crippen molar-refractivity contribution in [3.8, 4) is 0 Å². The molecule has 0 spiro atoms. The Morgan fingerprint density at radius 3 is 1.52 bits per heavy atom. The quantitative estimate of drug-likeness (QED) is 0.142. The van der Waals surface area contributed by atoms with Crippen molar-refractivity contribution in [1.29, 1.82) is 0 Å². The van der Waals surface area contributed by atoms with Gasteiger partial charge in [0, 0.05) is 62.7 Å². The molecular formula is C47H44N6OS2. The molecule has 0 saturated carbocycles. The Morgan fingerprint density at radius 1 is 0.571 bits per heavy atom. The first kappa shape index (κ1) is 39.4. The highest BCUT2D eigenvalue weighted by atomic mass is 32.2. The van der Waals surface area contributed by atoms with Crippen molar-refractivity contribution in [2.24, 2.45) is 14.1 Å². The van der Waals surface area contributed by atoms with Crippen molar-refractivity contribution in [3.05, 3.63) is 168 Å². The number of aryl methyl sites for hydroxylation is 2. The third-order valence-corrected chi connectivity index (χ3v) is 10.6. The summed E-state index contributed by atoms with van der Waals surface area (Å²) in [4.78, 5) is 15.8.